The SMILES string of the molecule is CCC(C)C(C)N1CCOCC(Cl)C1. The van der Waals surface area contributed by atoms with Crippen molar-refractivity contribution in [3.8, 4) is 0 Å². The molecule has 84 valence electrons. The van der Waals surface area contributed by atoms with Gasteiger partial charge in [-0.3, -0.25) is 4.90 Å². The quantitative estimate of drug-likeness (QED) is 0.676. The molecule has 3 heteroatoms. The van der Waals surface area contributed by atoms with Gasteiger partial charge in [-0.05, 0) is 12.8 Å². The van der Waals surface area contributed by atoms with Crippen LogP contribution in [0.15, 0.2) is 0 Å². The number of rotatable bonds is 3. The average Bonchev–Trinajstić information content (AvgIpc) is 2.40. The number of hydrogen-bond acceptors (Lipinski definition) is 2. The Hall–Kier alpha value is 0.210. The van der Waals surface area contributed by atoms with Crippen LogP contribution < -0.4 is 0 Å². The molecule has 1 fully saturated rings. The van der Waals surface area contributed by atoms with Gasteiger partial charge in [0.05, 0.1) is 18.6 Å². The van der Waals surface area contributed by atoms with Crippen molar-refractivity contribution < 1.29 is 4.74 Å². The minimum absolute atomic E-state index is 0.156. The molecule has 1 rings (SSSR count). The molecule has 14 heavy (non-hydrogen) atoms. The zero-order valence-electron chi connectivity index (χ0n) is 9.50. The van der Waals surface area contributed by atoms with E-state index in [9.17, 15) is 0 Å². The predicted molar refractivity (Wildman–Crippen MR) is 61.0 cm³/mol. The summed E-state index contributed by atoms with van der Waals surface area (Å²) < 4.78 is 5.43. The van der Waals surface area contributed by atoms with Gasteiger partial charge >= 0.3 is 0 Å². The Morgan fingerprint density at radius 2 is 2.21 bits per heavy atom. The maximum absolute atomic E-state index is 6.14. The highest BCUT2D eigenvalue weighted by Gasteiger charge is 2.23. The van der Waals surface area contributed by atoms with Crippen LogP contribution in [0.4, 0.5) is 0 Å². The zero-order chi connectivity index (χ0) is 10.6. The Labute approximate surface area is 92.6 Å². The molecule has 0 aromatic carbocycles. The van der Waals surface area contributed by atoms with Gasteiger partial charge in [-0.15, -0.1) is 11.6 Å². The third-order valence-electron chi connectivity index (χ3n) is 3.30. The van der Waals surface area contributed by atoms with Crippen molar-refractivity contribution in [2.24, 2.45) is 5.92 Å². The first-order valence-electron chi connectivity index (χ1n) is 5.61. The van der Waals surface area contributed by atoms with E-state index in [1.807, 2.05) is 0 Å². The molecular weight excluding hydrogens is 198 g/mol. The fourth-order valence-electron chi connectivity index (χ4n) is 1.86. The summed E-state index contributed by atoms with van der Waals surface area (Å²) >= 11 is 6.14. The smallest absolute Gasteiger partial charge is 0.0696 e. The lowest BCUT2D eigenvalue weighted by atomic mass is 9.99. The van der Waals surface area contributed by atoms with Crippen LogP contribution in [0.1, 0.15) is 27.2 Å². The molecule has 1 aliphatic heterocycles. The van der Waals surface area contributed by atoms with E-state index in [2.05, 4.69) is 25.7 Å². The van der Waals surface area contributed by atoms with E-state index in [4.69, 9.17) is 16.3 Å². The van der Waals surface area contributed by atoms with Crippen molar-refractivity contribution in [1.29, 1.82) is 0 Å². The van der Waals surface area contributed by atoms with Crippen LogP contribution in [-0.4, -0.2) is 42.6 Å². The second-order valence-corrected chi connectivity index (χ2v) is 4.91. The fourth-order valence-corrected chi connectivity index (χ4v) is 2.13. The van der Waals surface area contributed by atoms with E-state index in [-0.39, 0.29) is 5.38 Å². The monoisotopic (exact) mass is 219 g/mol. The summed E-state index contributed by atoms with van der Waals surface area (Å²) in [5.41, 5.74) is 0. The van der Waals surface area contributed by atoms with Gasteiger partial charge in [0.15, 0.2) is 0 Å². The summed E-state index contributed by atoms with van der Waals surface area (Å²) in [5.74, 6) is 0.733. The minimum Gasteiger partial charge on any atom is -0.379 e. The molecule has 0 aromatic heterocycles. The largest absolute Gasteiger partial charge is 0.379 e. The van der Waals surface area contributed by atoms with Crippen molar-refractivity contribution in [2.45, 2.75) is 38.6 Å². The summed E-state index contributed by atoms with van der Waals surface area (Å²) in [6.45, 7) is 10.4. The molecule has 0 saturated carbocycles. The molecule has 1 aliphatic rings. The summed E-state index contributed by atoms with van der Waals surface area (Å²) in [5, 5.41) is 0.156. The Bertz CT molecular complexity index is 165. The van der Waals surface area contributed by atoms with Gasteiger partial charge in [0.2, 0.25) is 0 Å². The highest BCUT2D eigenvalue weighted by molar-refractivity contribution is 6.20. The predicted octanol–water partition coefficient (Wildman–Crippen LogP) is 2.36. The molecule has 0 spiro atoms. The van der Waals surface area contributed by atoms with Crippen LogP contribution in [0.25, 0.3) is 0 Å². The molecule has 0 aromatic rings. The number of ether oxygens (including phenoxy) is 1. The topological polar surface area (TPSA) is 12.5 Å². The molecule has 1 saturated heterocycles. The number of alkyl halides is 1. The van der Waals surface area contributed by atoms with Crippen LogP contribution in [0.3, 0.4) is 0 Å². The van der Waals surface area contributed by atoms with E-state index in [0.717, 1.165) is 25.6 Å². The lowest BCUT2D eigenvalue weighted by molar-refractivity contribution is 0.122. The highest BCUT2D eigenvalue weighted by atomic mass is 35.5. The number of halogens is 1. The van der Waals surface area contributed by atoms with Gasteiger partial charge in [0, 0.05) is 19.1 Å². The van der Waals surface area contributed by atoms with E-state index in [0.29, 0.717) is 12.6 Å². The second kappa shape index (κ2) is 5.94. The van der Waals surface area contributed by atoms with Crippen molar-refractivity contribution in [3.63, 3.8) is 0 Å². The van der Waals surface area contributed by atoms with Crippen molar-refractivity contribution >= 4 is 11.6 Å². The molecule has 2 nitrogen and oxygen atoms in total. The number of nitrogens with zero attached hydrogens (tertiary/aromatic N) is 1. The molecule has 3 unspecified atom stereocenters. The van der Waals surface area contributed by atoms with E-state index < -0.39 is 0 Å². The van der Waals surface area contributed by atoms with Crippen molar-refractivity contribution in [1.82, 2.24) is 4.90 Å². The molecule has 0 bridgehead atoms. The van der Waals surface area contributed by atoms with Crippen LogP contribution in [0.5, 0.6) is 0 Å². The summed E-state index contributed by atoms with van der Waals surface area (Å²) in [6.07, 6.45) is 1.23. The van der Waals surface area contributed by atoms with Crippen LogP contribution in [0, 0.1) is 5.92 Å². The van der Waals surface area contributed by atoms with Crippen molar-refractivity contribution in [2.75, 3.05) is 26.3 Å². The average molecular weight is 220 g/mol. The van der Waals surface area contributed by atoms with Crippen LogP contribution >= 0.6 is 11.6 Å². The molecular formula is C11H22ClNO. The fraction of sp³-hybridized carbons (Fsp3) is 1.00. The van der Waals surface area contributed by atoms with Gasteiger partial charge in [0.25, 0.3) is 0 Å². The Morgan fingerprint density at radius 3 is 2.86 bits per heavy atom. The lowest BCUT2D eigenvalue weighted by Crippen LogP contribution is -2.41. The molecule has 0 aliphatic carbocycles. The Morgan fingerprint density at radius 1 is 1.50 bits per heavy atom. The molecule has 1 heterocycles. The van der Waals surface area contributed by atoms with Gasteiger partial charge in [-0.25, -0.2) is 0 Å². The lowest BCUT2D eigenvalue weighted by Gasteiger charge is -2.32. The summed E-state index contributed by atoms with van der Waals surface area (Å²) in [6, 6.07) is 0.614. The van der Waals surface area contributed by atoms with Crippen LogP contribution in [0.2, 0.25) is 0 Å². The van der Waals surface area contributed by atoms with Crippen LogP contribution in [-0.2, 0) is 4.74 Å². The Kier molecular flexibility index (Phi) is 5.21. The molecule has 0 radical (unpaired) electrons. The first kappa shape index (κ1) is 12.3. The zero-order valence-corrected chi connectivity index (χ0v) is 10.3. The second-order valence-electron chi connectivity index (χ2n) is 4.29. The van der Waals surface area contributed by atoms with E-state index >= 15 is 0 Å². The summed E-state index contributed by atoms with van der Waals surface area (Å²) in [4.78, 5) is 2.46. The van der Waals surface area contributed by atoms with Gasteiger partial charge in [-0.1, -0.05) is 20.3 Å². The maximum Gasteiger partial charge on any atom is 0.0696 e. The summed E-state index contributed by atoms with van der Waals surface area (Å²) in [7, 11) is 0. The number of hydrogen-bond donors (Lipinski definition) is 0. The molecule has 0 N–H and O–H groups in total. The standard InChI is InChI=1S/C11H22ClNO/c1-4-9(2)10(3)13-5-6-14-8-11(12)7-13/h9-11H,4-8H2,1-3H3. The third kappa shape index (κ3) is 3.41. The maximum atomic E-state index is 6.14. The van der Waals surface area contributed by atoms with Gasteiger partial charge in [-0.2, -0.15) is 0 Å². The highest BCUT2D eigenvalue weighted by Crippen LogP contribution is 2.17. The molecule has 3 atom stereocenters. The van der Waals surface area contributed by atoms with E-state index in [1.165, 1.54) is 6.42 Å². The van der Waals surface area contributed by atoms with E-state index in [1.54, 1.807) is 0 Å². The van der Waals surface area contributed by atoms with Crippen molar-refractivity contribution in [3.05, 3.63) is 0 Å². The first-order chi connectivity index (χ1) is 6.65. The molecule has 0 amide bonds. The minimum atomic E-state index is 0.156. The van der Waals surface area contributed by atoms with Gasteiger partial charge < -0.3 is 4.74 Å². The normalized spacial score (nSPS) is 29.6. The third-order valence-corrected chi connectivity index (χ3v) is 3.56. The van der Waals surface area contributed by atoms with Gasteiger partial charge in [0.1, 0.15) is 0 Å². The first-order valence-corrected chi connectivity index (χ1v) is 6.04. The Balaban J connectivity index is 2.47.